The zero-order valence-electron chi connectivity index (χ0n) is 10.3. The minimum absolute atomic E-state index is 0.314. The molecule has 0 radical (unpaired) electrons. The topological polar surface area (TPSA) is 61.3 Å². The molecule has 1 unspecified atom stereocenters. The molecular formula is C13H14N2O3. The highest BCUT2D eigenvalue weighted by Crippen LogP contribution is 2.14. The minimum atomic E-state index is -0.694. The van der Waals surface area contributed by atoms with Crippen LogP contribution in [0, 0.1) is 0 Å². The van der Waals surface area contributed by atoms with Gasteiger partial charge in [0.05, 0.1) is 23.8 Å². The molecule has 0 N–H and O–H groups in total. The van der Waals surface area contributed by atoms with Crippen LogP contribution in [-0.2, 0) is 9.53 Å². The highest BCUT2D eigenvalue weighted by atomic mass is 16.6. The molecule has 0 aliphatic carbocycles. The highest BCUT2D eigenvalue weighted by molar-refractivity contribution is 5.75. The molecule has 18 heavy (non-hydrogen) atoms. The minimum Gasteiger partial charge on any atom is -0.463 e. The van der Waals surface area contributed by atoms with Gasteiger partial charge in [0.1, 0.15) is 0 Å². The fraction of sp³-hybridized carbons (Fsp3) is 0.308. The van der Waals surface area contributed by atoms with Crippen molar-refractivity contribution in [2.45, 2.75) is 20.0 Å². The van der Waals surface area contributed by atoms with E-state index < -0.39 is 12.1 Å². The summed E-state index contributed by atoms with van der Waals surface area (Å²) in [6.45, 7) is 3.70. The maximum absolute atomic E-state index is 11.4. The molecule has 0 fully saturated rings. The van der Waals surface area contributed by atoms with Gasteiger partial charge in [0.2, 0.25) is 5.88 Å². The SMILES string of the molecule is CCOC(=O)C(C)Oc1cnc2ccccc2n1. The second-order valence-electron chi connectivity index (χ2n) is 3.71. The van der Waals surface area contributed by atoms with Crippen LogP contribution >= 0.6 is 0 Å². The lowest BCUT2D eigenvalue weighted by Gasteiger charge is -2.12. The van der Waals surface area contributed by atoms with Crippen LogP contribution in [0.3, 0.4) is 0 Å². The Morgan fingerprint density at radius 3 is 2.78 bits per heavy atom. The average Bonchev–Trinajstić information content (AvgIpc) is 2.39. The number of nitrogens with zero attached hydrogens (tertiary/aromatic N) is 2. The van der Waals surface area contributed by atoms with Crippen molar-refractivity contribution < 1.29 is 14.3 Å². The van der Waals surface area contributed by atoms with Gasteiger partial charge in [-0.2, -0.15) is 0 Å². The molecule has 1 aromatic heterocycles. The van der Waals surface area contributed by atoms with Crippen LogP contribution in [0.2, 0.25) is 0 Å². The molecule has 94 valence electrons. The zero-order valence-corrected chi connectivity index (χ0v) is 10.3. The molecular weight excluding hydrogens is 232 g/mol. The second kappa shape index (κ2) is 5.44. The number of hydrogen-bond acceptors (Lipinski definition) is 5. The fourth-order valence-electron chi connectivity index (χ4n) is 1.49. The number of aromatic nitrogens is 2. The molecule has 5 nitrogen and oxygen atoms in total. The first-order chi connectivity index (χ1) is 8.70. The largest absolute Gasteiger partial charge is 0.463 e. The van der Waals surface area contributed by atoms with E-state index >= 15 is 0 Å². The molecule has 0 saturated carbocycles. The summed E-state index contributed by atoms with van der Waals surface area (Å²) in [5, 5.41) is 0. The summed E-state index contributed by atoms with van der Waals surface area (Å²) in [6, 6.07) is 7.46. The predicted molar refractivity (Wildman–Crippen MR) is 66.3 cm³/mol. The molecule has 1 heterocycles. The Morgan fingerprint density at radius 1 is 1.33 bits per heavy atom. The summed E-state index contributed by atoms with van der Waals surface area (Å²) >= 11 is 0. The number of ether oxygens (including phenoxy) is 2. The van der Waals surface area contributed by atoms with Crippen molar-refractivity contribution in [3.63, 3.8) is 0 Å². The molecule has 0 spiro atoms. The van der Waals surface area contributed by atoms with Crippen molar-refractivity contribution >= 4 is 17.0 Å². The van der Waals surface area contributed by atoms with Gasteiger partial charge in [0.25, 0.3) is 0 Å². The maximum Gasteiger partial charge on any atom is 0.347 e. The Balaban J connectivity index is 2.14. The van der Waals surface area contributed by atoms with Crippen LogP contribution in [0.25, 0.3) is 11.0 Å². The van der Waals surface area contributed by atoms with E-state index in [2.05, 4.69) is 9.97 Å². The average molecular weight is 246 g/mol. The summed E-state index contributed by atoms with van der Waals surface area (Å²) in [5.41, 5.74) is 1.51. The summed E-state index contributed by atoms with van der Waals surface area (Å²) < 4.78 is 10.2. The van der Waals surface area contributed by atoms with E-state index in [1.54, 1.807) is 13.8 Å². The van der Waals surface area contributed by atoms with Gasteiger partial charge < -0.3 is 9.47 Å². The highest BCUT2D eigenvalue weighted by Gasteiger charge is 2.16. The molecule has 0 aliphatic heterocycles. The van der Waals surface area contributed by atoms with Gasteiger partial charge in [-0.15, -0.1) is 0 Å². The quantitative estimate of drug-likeness (QED) is 0.772. The standard InChI is InChI=1S/C13H14N2O3/c1-3-17-13(16)9(2)18-12-8-14-10-6-4-5-7-11(10)15-12/h4-9H,3H2,1-2H3. The number of benzene rings is 1. The number of rotatable bonds is 4. The van der Waals surface area contributed by atoms with Crippen molar-refractivity contribution in [2.24, 2.45) is 0 Å². The normalized spacial score (nSPS) is 12.1. The first-order valence-corrected chi connectivity index (χ1v) is 5.75. The zero-order chi connectivity index (χ0) is 13.0. The Labute approximate surface area is 105 Å². The van der Waals surface area contributed by atoms with Gasteiger partial charge in [-0.1, -0.05) is 12.1 Å². The predicted octanol–water partition coefficient (Wildman–Crippen LogP) is 1.96. The molecule has 1 atom stereocenters. The Morgan fingerprint density at radius 2 is 2.06 bits per heavy atom. The van der Waals surface area contributed by atoms with Crippen LogP contribution in [0.1, 0.15) is 13.8 Å². The van der Waals surface area contributed by atoms with E-state index in [0.717, 1.165) is 11.0 Å². The van der Waals surface area contributed by atoms with E-state index in [-0.39, 0.29) is 0 Å². The van der Waals surface area contributed by atoms with E-state index in [9.17, 15) is 4.79 Å². The first kappa shape index (κ1) is 12.3. The number of carbonyl (C=O) groups excluding carboxylic acids is 1. The van der Waals surface area contributed by atoms with Crippen molar-refractivity contribution in [1.29, 1.82) is 0 Å². The first-order valence-electron chi connectivity index (χ1n) is 5.75. The smallest absolute Gasteiger partial charge is 0.347 e. The third-order valence-corrected chi connectivity index (χ3v) is 2.34. The fourth-order valence-corrected chi connectivity index (χ4v) is 1.49. The second-order valence-corrected chi connectivity index (χ2v) is 3.71. The summed E-state index contributed by atoms with van der Waals surface area (Å²) in [4.78, 5) is 19.9. The van der Waals surface area contributed by atoms with Gasteiger partial charge in [-0.25, -0.2) is 14.8 Å². The molecule has 5 heteroatoms. The lowest BCUT2D eigenvalue weighted by atomic mass is 10.3. The van der Waals surface area contributed by atoms with Crippen LogP contribution in [0.5, 0.6) is 5.88 Å². The third kappa shape index (κ3) is 2.74. The summed E-state index contributed by atoms with van der Waals surface area (Å²) in [5.74, 6) is -0.0956. The van der Waals surface area contributed by atoms with Gasteiger partial charge in [-0.05, 0) is 26.0 Å². The lowest BCUT2D eigenvalue weighted by molar-refractivity contribution is -0.150. The van der Waals surface area contributed by atoms with E-state index in [4.69, 9.17) is 9.47 Å². The van der Waals surface area contributed by atoms with Gasteiger partial charge >= 0.3 is 5.97 Å². The molecule has 1 aromatic carbocycles. The van der Waals surface area contributed by atoms with Gasteiger partial charge in [0, 0.05) is 0 Å². The van der Waals surface area contributed by atoms with Crippen molar-refractivity contribution in [3.8, 4) is 5.88 Å². The number of esters is 1. The molecule has 2 rings (SSSR count). The van der Waals surface area contributed by atoms with Crippen LogP contribution in [0.4, 0.5) is 0 Å². The monoisotopic (exact) mass is 246 g/mol. The third-order valence-electron chi connectivity index (χ3n) is 2.34. The molecule has 0 saturated heterocycles. The number of para-hydroxylation sites is 2. The summed E-state index contributed by atoms with van der Waals surface area (Å²) in [7, 11) is 0. The van der Waals surface area contributed by atoms with Crippen molar-refractivity contribution in [3.05, 3.63) is 30.5 Å². The molecule has 2 aromatic rings. The van der Waals surface area contributed by atoms with Crippen LogP contribution in [-0.4, -0.2) is 28.6 Å². The van der Waals surface area contributed by atoms with E-state index in [1.165, 1.54) is 6.20 Å². The molecule has 0 aliphatic rings. The van der Waals surface area contributed by atoms with Crippen LogP contribution in [0.15, 0.2) is 30.5 Å². The van der Waals surface area contributed by atoms with Crippen LogP contribution < -0.4 is 4.74 Å². The molecule has 0 bridgehead atoms. The Hall–Kier alpha value is -2.17. The number of carbonyl (C=O) groups is 1. The Bertz CT molecular complexity index is 557. The lowest BCUT2D eigenvalue weighted by Crippen LogP contribution is -2.26. The number of fused-ring (bicyclic) bond motifs is 1. The maximum atomic E-state index is 11.4. The Kier molecular flexibility index (Phi) is 3.72. The van der Waals surface area contributed by atoms with Crippen molar-refractivity contribution in [1.82, 2.24) is 9.97 Å². The van der Waals surface area contributed by atoms with E-state index in [0.29, 0.717) is 12.5 Å². The summed E-state index contributed by atoms with van der Waals surface area (Å²) in [6.07, 6.45) is 0.804. The van der Waals surface area contributed by atoms with Crippen molar-refractivity contribution in [2.75, 3.05) is 6.61 Å². The van der Waals surface area contributed by atoms with Gasteiger partial charge in [-0.3, -0.25) is 0 Å². The molecule has 0 amide bonds. The number of hydrogen-bond donors (Lipinski definition) is 0. The van der Waals surface area contributed by atoms with E-state index in [1.807, 2.05) is 24.3 Å². The van der Waals surface area contributed by atoms with Gasteiger partial charge in [0.15, 0.2) is 6.10 Å².